The van der Waals surface area contributed by atoms with E-state index in [1.54, 1.807) is 52.0 Å². The fourth-order valence-electron chi connectivity index (χ4n) is 3.13. The molecule has 3 rings (SSSR count). The molecule has 0 spiro atoms. The second-order valence-electron chi connectivity index (χ2n) is 8.24. The maximum Gasteiger partial charge on any atom is 0.408 e. The van der Waals surface area contributed by atoms with Gasteiger partial charge in [0.05, 0.1) is 35.2 Å². The van der Waals surface area contributed by atoms with Crippen LogP contribution in [0.25, 0.3) is 11.3 Å². The molecule has 0 fully saturated rings. The van der Waals surface area contributed by atoms with Gasteiger partial charge in [-0.15, -0.1) is 0 Å². The third-order valence-electron chi connectivity index (χ3n) is 4.55. The highest BCUT2D eigenvalue weighted by atomic mass is 19.3. The van der Waals surface area contributed by atoms with Gasteiger partial charge in [-0.25, -0.2) is 9.48 Å². The molecule has 2 bridgehead atoms. The van der Waals surface area contributed by atoms with Crippen molar-refractivity contribution < 1.29 is 23.1 Å². The molecule has 1 aliphatic heterocycles. The molecule has 0 aliphatic carbocycles. The number of amides is 2. The third-order valence-corrected chi connectivity index (χ3v) is 4.55. The largest absolute Gasteiger partial charge is 0.444 e. The van der Waals surface area contributed by atoms with Crippen LogP contribution in [-0.4, -0.2) is 32.4 Å². The van der Waals surface area contributed by atoms with Crippen molar-refractivity contribution in [2.45, 2.75) is 52.3 Å². The molecule has 2 atom stereocenters. The van der Waals surface area contributed by atoms with E-state index in [-0.39, 0.29) is 17.3 Å². The number of hydrogen-bond donors (Lipinski definition) is 2. The average molecular weight is 433 g/mol. The van der Waals surface area contributed by atoms with E-state index in [4.69, 9.17) is 4.74 Å². The van der Waals surface area contributed by atoms with Crippen LogP contribution in [0.1, 0.15) is 52.4 Å². The lowest BCUT2D eigenvalue weighted by Crippen LogP contribution is -2.35. The van der Waals surface area contributed by atoms with Crippen molar-refractivity contribution in [2.24, 2.45) is 5.92 Å². The van der Waals surface area contributed by atoms with Gasteiger partial charge >= 0.3 is 12.6 Å². The highest BCUT2D eigenvalue weighted by molar-refractivity contribution is 5.96. The molecule has 1 aliphatic rings. The van der Waals surface area contributed by atoms with Crippen LogP contribution in [-0.2, 0) is 9.53 Å². The van der Waals surface area contributed by atoms with Crippen LogP contribution in [0.3, 0.4) is 0 Å². The number of fused-ring (bicyclic) bond motifs is 4. The number of anilines is 1. The Balaban J connectivity index is 2.07. The van der Waals surface area contributed by atoms with E-state index in [1.807, 2.05) is 0 Å². The number of pyridine rings is 1. The Morgan fingerprint density at radius 3 is 2.81 bits per heavy atom. The smallest absolute Gasteiger partial charge is 0.408 e. The van der Waals surface area contributed by atoms with Gasteiger partial charge < -0.3 is 15.4 Å². The first-order chi connectivity index (χ1) is 14.5. The Morgan fingerprint density at radius 1 is 1.39 bits per heavy atom. The van der Waals surface area contributed by atoms with E-state index in [9.17, 15) is 18.4 Å². The number of rotatable bonds is 2. The Labute approximate surface area is 178 Å². The Hall–Kier alpha value is -3.30. The van der Waals surface area contributed by atoms with E-state index in [2.05, 4.69) is 20.7 Å². The molecule has 166 valence electrons. The molecule has 2 N–H and O–H groups in total. The van der Waals surface area contributed by atoms with Gasteiger partial charge in [0.2, 0.25) is 5.91 Å². The van der Waals surface area contributed by atoms with Crippen LogP contribution in [0.4, 0.5) is 19.3 Å². The molecule has 0 unspecified atom stereocenters. The lowest BCUT2D eigenvalue weighted by molar-refractivity contribution is -0.118. The van der Waals surface area contributed by atoms with Gasteiger partial charge in [-0.1, -0.05) is 19.1 Å². The molecule has 3 heterocycles. The first-order valence-corrected chi connectivity index (χ1v) is 9.84. The first kappa shape index (κ1) is 22.4. The van der Waals surface area contributed by atoms with E-state index in [0.717, 1.165) is 0 Å². The number of hydrogen-bond acceptors (Lipinski definition) is 5. The van der Waals surface area contributed by atoms with Crippen molar-refractivity contribution in [1.82, 2.24) is 20.1 Å². The Kier molecular flexibility index (Phi) is 6.37. The van der Waals surface area contributed by atoms with Gasteiger partial charge in [-0.3, -0.25) is 9.78 Å². The molecular formula is C21H25F2N5O3. The minimum atomic E-state index is -2.90. The monoisotopic (exact) mass is 433 g/mol. The maximum atomic E-state index is 13.6. The lowest BCUT2D eigenvalue weighted by Gasteiger charge is -2.23. The van der Waals surface area contributed by atoms with E-state index < -0.39 is 30.2 Å². The van der Waals surface area contributed by atoms with Crippen molar-refractivity contribution in [1.29, 1.82) is 0 Å². The van der Waals surface area contributed by atoms with Gasteiger partial charge in [-0.05, 0) is 39.3 Å². The van der Waals surface area contributed by atoms with Crippen molar-refractivity contribution >= 4 is 17.7 Å². The summed E-state index contributed by atoms with van der Waals surface area (Å²) in [6, 6.07) is 2.55. The number of halogens is 2. The molecule has 8 nitrogen and oxygen atoms in total. The fraction of sp³-hybridized carbons (Fsp3) is 0.429. The summed E-state index contributed by atoms with van der Waals surface area (Å²) in [4.78, 5) is 29.2. The zero-order valence-electron chi connectivity index (χ0n) is 17.7. The molecule has 2 amide bonds. The fourth-order valence-corrected chi connectivity index (χ4v) is 3.13. The van der Waals surface area contributed by atoms with Gasteiger partial charge in [0.1, 0.15) is 5.60 Å². The summed E-state index contributed by atoms with van der Waals surface area (Å²) < 4.78 is 33.0. The normalized spacial score (nSPS) is 19.1. The van der Waals surface area contributed by atoms with Crippen molar-refractivity contribution in [2.75, 3.05) is 5.32 Å². The molecule has 2 aromatic rings. The summed E-state index contributed by atoms with van der Waals surface area (Å²) >= 11 is 0. The predicted octanol–water partition coefficient (Wildman–Crippen LogP) is 4.44. The molecule has 0 saturated heterocycles. The van der Waals surface area contributed by atoms with Crippen LogP contribution < -0.4 is 10.6 Å². The molecular weight excluding hydrogens is 408 g/mol. The SMILES string of the molecule is C[C@H]1C=CC[C@@H](NC(=O)OC(C)(C)C)c2cc(ccn2)-c2c(cnn2C(F)F)NC1=O. The molecule has 0 radical (unpaired) electrons. The van der Waals surface area contributed by atoms with Crippen molar-refractivity contribution in [3.05, 3.63) is 42.4 Å². The topological polar surface area (TPSA) is 98.1 Å². The minimum absolute atomic E-state index is 0.0553. The molecule has 2 aromatic heterocycles. The standard InChI is InChI=1S/C21H25F2N5O3/c1-12-6-5-7-14(27-20(30)31-21(2,3)4)15-10-13(8-9-24-15)17-16(26-18(12)29)11-25-28(17)19(22)23/h5-6,8-12,14,19H,7H2,1-4H3,(H,26,29)(H,27,30)/t12-,14+/m0/s1. The molecule has 0 aromatic carbocycles. The van der Waals surface area contributed by atoms with Crippen molar-refractivity contribution in [3.8, 4) is 11.3 Å². The quantitative estimate of drug-likeness (QED) is 0.683. The summed E-state index contributed by atoms with van der Waals surface area (Å²) in [6.45, 7) is 4.03. The lowest BCUT2D eigenvalue weighted by atomic mass is 10.0. The average Bonchev–Trinajstić information content (AvgIpc) is 3.08. The number of ether oxygens (including phenoxy) is 1. The van der Waals surface area contributed by atoms with Gasteiger partial charge in [0, 0.05) is 11.8 Å². The number of alkyl carbamates (subject to hydrolysis) is 1. The second-order valence-corrected chi connectivity index (χ2v) is 8.24. The summed E-state index contributed by atoms with van der Waals surface area (Å²) in [5.41, 5.74) is 0.373. The van der Waals surface area contributed by atoms with Crippen LogP contribution in [0.5, 0.6) is 0 Å². The number of carbonyl (C=O) groups is 2. The van der Waals surface area contributed by atoms with E-state index in [0.29, 0.717) is 22.4 Å². The van der Waals surface area contributed by atoms with E-state index >= 15 is 0 Å². The molecule has 0 saturated carbocycles. The highest BCUT2D eigenvalue weighted by Gasteiger charge is 2.25. The van der Waals surface area contributed by atoms with Gasteiger partial charge in [0.25, 0.3) is 0 Å². The molecule has 31 heavy (non-hydrogen) atoms. The second kappa shape index (κ2) is 8.83. The summed E-state index contributed by atoms with van der Waals surface area (Å²) in [7, 11) is 0. The Bertz CT molecular complexity index is 997. The minimum Gasteiger partial charge on any atom is -0.444 e. The number of nitrogens with zero attached hydrogens (tertiary/aromatic N) is 3. The van der Waals surface area contributed by atoms with Crippen LogP contribution in [0.15, 0.2) is 36.7 Å². The summed E-state index contributed by atoms with van der Waals surface area (Å²) in [6.07, 6.45) is 5.80. The number of carbonyl (C=O) groups excluding carboxylic acids is 2. The zero-order chi connectivity index (χ0) is 22.8. The first-order valence-electron chi connectivity index (χ1n) is 9.84. The predicted molar refractivity (Wildman–Crippen MR) is 110 cm³/mol. The highest BCUT2D eigenvalue weighted by Crippen LogP contribution is 2.33. The van der Waals surface area contributed by atoms with Crippen LogP contribution in [0.2, 0.25) is 0 Å². The van der Waals surface area contributed by atoms with E-state index in [1.165, 1.54) is 12.4 Å². The number of nitrogens with one attached hydrogen (secondary N) is 2. The Morgan fingerprint density at radius 2 is 2.13 bits per heavy atom. The van der Waals surface area contributed by atoms with Crippen molar-refractivity contribution in [3.63, 3.8) is 0 Å². The van der Waals surface area contributed by atoms with Gasteiger partial charge in [0.15, 0.2) is 0 Å². The maximum absolute atomic E-state index is 13.6. The summed E-state index contributed by atoms with van der Waals surface area (Å²) in [5, 5.41) is 9.17. The number of aromatic nitrogens is 3. The summed E-state index contributed by atoms with van der Waals surface area (Å²) in [5.74, 6) is -0.895. The molecule has 10 heteroatoms. The van der Waals surface area contributed by atoms with Crippen LogP contribution >= 0.6 is 0 Å². The van der Waals surface area contributed by atoms with Crippen LogP contribution in [0, 0.1) is 5.92 Å². The number of alkyl halides is 2. The zero-order valence-corrected chi connectivity index (χ0v) is 17.7. The van der Waals surface area contributed by atoms with Gasteiger partial charge in [-0.2, -0.15) is 13.9 Å². The third kappa shape index (κ3) is 5.44.